The van der Waals surface area contributed by atoms with Crippen LogP contribution in [0.25, 0.3) is 0 Å². The number of nitrogens with zero attached hydrogens (tertiary/aromatic N) is 1. The largest absolute Gasteiger partial charge is 0.376 e. The summed E-state index contributed by atoms with van der Waals surface area (Å²) in [5, 5.41) is 2.77. The highest BCUT2D eigenvalue weighted by molar-refractivity contribution is 7.89. The third-order valence-electron chi connectivity index (χ3n) is 5.08. The van der Waals surface area contributed by atoms with E-state index in [9.17, 15) is 17.6 Å². The first-order valence-electron chi connectivity index (χ1n) is 10.4. The second-order valence-electron chi connectivity index (χ2n) is 7.70. The van der Waals surface area contributed by atoms with Crippen molar-refractivity contribution in [3.8, 4) is 0 Å². The average molecular weight is 462 g/mol. The van der Waals surface area contributed by atoms with E-state index in [-0.39, 0.29) is 24.8 Å². The molecular formula is C23H28FN3O4S. The zero-order valence-electron chi connectivity index (χ0n) is 18.0. The number of amides is 1. The van der Waals surface area contributed by atoms with Crippen molar-refractivity contribution < 1.29 is 22.3 Å². The molecule has 2 aromatic rings. The highest BCUT2D eigenvalue weighted by Gasteiger charge is 2.21. The van der Waals surface area contributed by atoms with Crippen LogP contribution in [0.15, 0.2) is 60.0 Å². The number of carbonyl (C=O) groups is 1. The second-order valence-corrected chi connectivity index (χ2v) is 9.44. The van der Waals surface area contributed by atoms with Crippen molar-refractivity contribution in [3.63, 3.8) is 0 Å². The molecule has 1 aliphatic heterocycles. The number of sulfonamides is 1. The number of halogens is 1. The summed E-state index contributed by atoms with van der Waals surface area (Å²) in [4.78, 5) is 14.3. The maximum Gasteiger partial charge on any atom is 0.251 e. The summed E-state index contributed by atoms with van der Waals surface area (Å²) in [5.74, 6) is -1.42. The number of hydrogen-bond donors (Lipinski definition) is 2. The van der Waals surface area contributed by atoms with Crippen molar-refractivity contribution >= 4 is 15.9 Å². The lowest BCUT2D eigenvalue weighted by Crippen LogP contribution is -2.40. The van der Waals surface area contributed by atoms with Crippen molar-refractivity contribution in [3.05, 3.63) is 77.6 Å². The molecule has 1 aliphatic rings. The van der Waals surface area contributed by atoms with Crippen molar-refractivity contribution in [2.24, 2.45) is 0 Å². The maximum absolute atomic E-state index is 14.1. The molecule has 1 fully saturated rings. The third kappa shape index (κ3) is 6.46. The SMILES string of the molecule is C=CCNS(=O)(=O)c1cc(C(=O)NCc2cccc(CN3CCOC(C)C3)c2)ccc1F. The van der Waals surface area contributed by atoms with E-state index in [0.717, 1.165) is 49.5 Å². The topological polar surface area (TPSA) is 87.7 Å². The van der Waals surface area contributed by atoms with Crippen LogP contribution in [0, 0.1) is 5.82 Å². The second kappa shape index (κ2) is 10.8. The minimum Gasteiger partial charge on any atom is -0.376 e. The van der Waals surface area contributed by atoms with Gasteiger partial charge in [0.05, 0.1) is 12.7 Å². The van der Waals surface area contributed by atoms with Gasteiger partial charge in [0.1, 0.15) is 10.7 Å². The molecule has 2 aromatic carbocycles. The maximum atomic E-state index is 14.1. The molecule has 0 saturated carbocycles. The van der Waals surface area contributed by atoms with Gasteiger partial charge in [-0.15, -0.1) is 6.58 Å². The van der Waals surface area contributed by atoms with Crippen LogP contribution in [0.1, 0.15) is 28.4 Å². The Kier molecular flexibility index (Phi) is 8.14. The molecule has 1 atom stereocenters. The molecule has 0 spiro atoms. The summed E-state index contributed by atoms with van der Waals surface area (Å²) in [5.41, 5.74) is 2.11. The summed E-state index contributed by atoms with van der Waals surface area (Å²) in [6, 6.07) is 11.2. The first kappa shape index (κ1) is 24.1. The molecule has 3 rings (SSSR count). The van der Waals surface area contributed by atoms with Gasteiger partial charge >= 0.3 is 0 Å². The first-order chi connectivity index (χ1) is 15.3. The summed E-state index contributed by atoms with van der Waals surface area (Å²) in [6.45, 7) is 8.97. The van der Waals surface area contributed by atoms with E-state index in [4.69, 9.17) is 4.74 Å². The van der Waals surface area contributed by atoms with E-state index in [2.05, 4.69) is 28.4 Å². The number of nitrogens with one attached hydrogen (secondary N) is 2. The fourth-order valence-electron chi connectivity index (χ4n) is 3.51. The molecule has 1 heterocycles. The van der Waals surface area contributed by atoms with E-state index in [1.165, 1.54) is 12.1 Å². The van der Waals surface area contributed by atoms with Crippen LogP contribution < -0.4 is 10.0 Å². The van der Waals surface area contributed by atoms with Crippen LogP contribution in [-0.2, 0) is 27.8 Å². The normalized spacial score (nSPS) is 17.1. The van der Waals surface area contributed by atoms with Gasteiger partial charge in [-0.05, 0) is 36.2 Å². The minimum absolute atomic E-state index is 0.0437. The quantitative estimate of drug-likeness (QED) is 0.560. The number of rotatable bonds is 9. The highest BCUT2D eigenvalue weighted by atomic mass is 32.2. The van der Waals surface area contributed by atoms with Crippen LogP contribution in [0.5, 0.6) is 0 Å². The van der Waals surface area contributed by atoms with Gasteiger partial charge in [-0.3, -0.25) is 9.69 Å². The first-order valence-corrected chi connectivity index (χ1v) is 11.9. The summed E-state index contributed by atoms with van der Waals surface area (Å²) < 4.78 is 46.3. The van der Waals surface area contributed by atoms with Crippen LogP contribution in [0.4, 0.5) is 4.39 Å². The van der Waals surface area contributed by atoms with Gasteiger partial charge in [0.15, 0.2) is 0 Å². The van der Waals surface area contributed by atoms with E-state index < -0.39 is 26.6 Å². The van der Waals surface area contributed by atoms with Crippen LogP contribution in [0.2, 0.25) is 0 Å². The molecule has 7 nitrogen and oxygen atoms in total. The van der Waals surface area contributed by atoms with Crippen molar-refractivity contribution in [1.29, 1.82) is 0 Å². The predicted octanol–water partition coefficient (Wildman–Crippen LogP) is 2.44. The molecule has 0 radical (unpaired) electrons. The van der Waals surface area contributed by atoms with E-state index in [1.807, 2.05) is 24.3 Å². The molecule has 1 saturated heterocycles. The lowest BCUT2D eigenvalue weighted by atomic mass is 10.1. The highest BCUT2D eigenvalue weighted by Crippen LogP contribution is 2.17. The Balaban J connectivity index is 1.64. The van der Waals surface area contributed by atoms with Crippen LogP contribution >= 0.6 is 0 Å². The van der Waals surface area contributed by atoms with Gasteiger partial charge in [-0.2, -0.15) is 0 Å². The van der Waals surface area contributed by atoms with Gasteiger partial charge in [0.2, 0.25) is 10.0 Å². The Hall–Kier alpha value is -2.59. The Morgan fingerprint density at radius 2 is 2.06 bits per heavy atom. The number of morpholine rings is 1. The van der Waals surface area contributed by atoms with Gasteiger partial charge < -0.3 is 10.1 Å². The molecule has 32 heavy (non-hydrogen) atoms. The average Bonchev–Trinajstić information content (AvgIpc) is 2.76. The fourth-order valence-corrected chi connectivity index (χ4v) is 4.61. The number of carbonyl (C=O) groups excluding carboxylic acids is 1. The zero-order chi connectivity index (χ0) is 23.1. The van der Waals surface area contributed by atoms with Gasteiger partial charge in [-0.1, -0.05) is 30.3 Å². The van der Waals surface area contributed by atoms with Crippen molar-refractivity contribution in [2.45, 2.75) is 31.0 Å². The van der Waals surface area contributed by atoms with Gasteiger partial charge in [-0.25, -0.2) is 17.5 Å². The molecule has 0 bridgehead atoms. The monoisotopic (exact) mass is 461 g/mol. The lowest BCUT2D eigenvalue weighted by Gasteiger charge is -2.31. The zero-order valence-corrected chi connectivity index (χ0v) is 18.8. The molecule has 0 aromatic heterocycles. The molecule has 1 amide bonds. The van der Waals surface area contributed by atoms with Crippen molar-refractivity contribution in [2.75, 3.05) is 26.2 Å². The molecule has 1 unspecified atom stereocenters. The predicted molar refractivity (Wildman–Crippen MR) is 120 cm³/mol. The Morgan fingerprint density at radius 1 is 1.28 bits per heavy atom. The molecule has 0 aliphatic carbocycles. The molecule has 2 N–H and O–H groups in total. The smallest absolute Gasteiger partial charge is 0.251 e. The van der Waals surface area contributed by atoms with Crippen LogP contribution in [0.3, 0.4) is 0 Å². The number of ether oxygens (including phenoxy) is 1. The Labute approximate surface area is 188 Å². The van der Waals surface area contributed by atoms with E-state index in [1.54, 1.807) is 0 Å². The third-order valence-corrected chi connectivity index (χ3v) is 6.52. The van der Waals surface area contributed by atoms with Gasteiger partial charge in [0.25, 0.3) is 5.91 Å². The lowest BCUT2D eigenvalue weighted by molar-refractivity contribution is -0.0212. The van der Waals surface area contributed by atoms with E-state index >= 15 is 0 Å². The molecule has 172 valence electrons. The molecule has 9 heteroatoms. The Bertz CT molecular complexity index is 1070. The fraction of sp³-hybridized carbons (Fsp3) is 0.348. The summed E-state index contributed by atoms with van der Waals surface area (Å²) >= 11 is 0. The summed E-state index contributed by atoms with van der Waals surface area (Å²) in [7, 11) is -4.09. The minimum atomic E-state index is -4.09. The van der Waals surface area contributed by atoms with Crippen LogP contribution in [-0.4, -0.2) is 51.6 Å². The molecular weight excluding hydrogens is 433 g/mol. The Morgan fingerprint density at radius 3 is 2.81 bits per heavy atom. The summed E-state index contributed by atoms with van der Waals surface area (Å²) in [6.07, 6.45) is 1.56. The standard InChI is InChI=1S/C23H28FN3O4S/c1-3-9-26-32(29,30)22-13-20(7-8-21(22)24)23(28)25-14-18-5-4-6-19(12-18)16-27-10-11-31-17(2)15-27/h3-8,12-13,17,26H,1,9-11,14-16H2,2H3,(H,25,28). The number of benzene rings is 2. The van der Waals surface area contributed by atoms with Crippen molar-refractivity contribution in [1.82, 2.24) is 14.9 Å². The van der Waals surface area contributed by atoms with E-state index in [0.29, 0.717) is 0 Å². The van der Waals surface area contributed by atoms with Gasteiger partial charge in [0, 0.05) is 38.3 Å². The number of hydrogen-bond acceptors (Lipinski definition) is 5.